The van der Waals surface area contributed by atoms with Gasteiger partial charge in [-0.2, -0.15) is 0 Å². The normalized spacial score (nSPS) is 19.5. The van der Waals surface area contributed by atoms with E-state index in [1.165, 1.54) is 6.42 Å². The number of amides is 2. The quantitative estimate of drug-likeness (QED) is 0.787. The molecule has 0 bridgehead atoms. The van der Waals surface area contributed by atoms with Gasteiger partial charge >= 0.3 is 5.97 Å². The first-order chi connectivity index (χ1) is 10.7. The molecular weight excluding hydrogens is 282 g/mol. The summed E-state index contributed by atoms with van der Waals surface area (Å²) in [6.45, 7) is 0. The van der Waals surface area contributed by atoms with Gasteiger partial charge in [0, 0.05) is 0 Å². The molecule has 0 atom stereocenters. The van der Waals surface area contributed by atoms with Crippen molar-refractivity contribution in [3.8, 4) is 0 Å². The maximum Gasteiger partial charge on any atom is 0.336 e. The van der Waals surface area contributed by atoms with E-state index < -0.39 is 17.8 Å². The van der Waals surface area contributed by atoms with Gasteiger partial charge in [0.05, 0.1) is 17.0 Å². The number of rotatable bonds is 2. The first-order valence-corrected chi connectivity index (χ1v) is 7.88. The van der Waals surface area contributed by atoms with E-state index in [2.05, 4.69) is 0 Å². The van der Waals surface area contributed by atoms with Crippen LogP contribution in [0, 0.1) is 5.92 Å². The zero-order valence-corrected chi connectivity index (χ0v) is 12.4. The van der Waals surface area contributed by atoms with Crippen LogP contribution >= 0.6 is 0 Å². The van der Waals surface area contributed by atoms with Crippen molar-refractivity contribution >= 4 is 17.8 Å². The van der Waals surface area contributed by atoms with Crippen LogP contribution in [0.4, 0.5) is 0 Å². The van der Waals surface area contributed by atoms with E-state index in [0.717, 1.165) is 38.5 Å². The molecule has 1 saturated carbocycles. The Labute approximate surface area is 129 Å². The van der Waals surface area contributed by atoms with E-state index in [0.29, 0.717) is 5.06 Å². The number of hydrogen-bond donors (Lipinski definition) is 0. The third-order valence-electron chi connectivity index (χ3n) is 4.38. The standard InChI is InChI=1S/C17H19NO4/c19-15-13-10-6-7-11-14(13)16(20)18(15)22-17(21)12-8-4-2-1-3-5-9-12/h6-7,10-12H,1-5,8-9H2. The summed E-state index contributed by atoms with van der Waals surface area (Å²) in [6.07, 6.45) is 6.96. The summed E-state index contributed by atoms with van der Waals surface area (Å²) in [5, 5.41) is 0.617. The second-order valence-corrected chi connectivity index (χ2v) is 5.90. The molecule has 0 N–H and O–H groups in total. The maximum atomic E-state index is 12.3. The van der Waals surface area contributed by atoms with E-state index >= 15 is 0 Å². The summed E-state index contributed by atoms with van der Waals surface area (Å²) in [7, 11) is 0. The number of benzene rings is 1. The molecule has 22 heavy (non-hydrogen) atoms. The van der Waals surface area contributed by atoms with Gasteiger partial charge in [-0.15, -0.1) is 0 Å². The lowest BCUT2D eigenvalue weighted by atomic mass is 9.91. The van der Waals surface area contributed by atoms with Crippen molar-refractivity contribution in [1.82, 2.24) is 5.06 Å². The first kappa shape index (κ1) is 14.8. The summed E-state index contributed by atoms with van der Waals surface area (Å²) in [5.74, 6) is -1.79. The highest BCUT2D eigenvalue weighted by Gasteiger charge is 2.39. The minimum absolute atomic E-state index is 0.218. The number of imide groups is 1. The molecular formula is C17H19NO4. The molecule has 1 aliphatic heterocycles. The van der Waals surface area contributed by atoms with Gasteiger partial charge < -0.3 is 4.84 Å². The van der Waals surface area contributed by atoms with Crippen LogP contribution in [0.5, 0.6) is 0 Å². The molecule has 3 rings (SSSR count). The van der Waals surface area contributed by atoms with Crippen molar-refractivity contribution in [1.29, 1.82) is 0 Å². The van der Waals surface area contributed by atoms with Gasteiger partial charge in [0.15, 0.2) is 0 Å². The molecule has 1 aromatic rings. The van der Waals surface area contributed by atoms with Gasteiger partial charge in [0.25, 0.3) is 11.8 Å². The Balaban J connectivity index is 1.69. The highest BCUT2D eigenvalue weighted by Crippen LogP contribution is 2.26. The van der Waals surface area contributed by atoms with E-state index in [1.807, 2.05) is 0 Å². The molecule has 1 aliphatic carbocycles. The number of fused-ring (bicyclic) bond motifs is 1. The number of nitrogens with zero attached hydrogens (tertiary/aromatic N) is 1. The third-order valence-corrected chi connectivity index (χ3v) is 4.38. The Kier molecular flexibility index (Phi) is 4.22. The highest BCUT2D eigenvalue weighted by atomic mass is 16.7. The Morgan fingerprint density at radius 1 is 0.909 bits per heavy atom. The van der Waals surface area contributed by atoms with Crippen LogP contribution in [0.15, 0.2) is 24.3 Å². The van der Waals surface area contributed by atoms with Crippen LogP contribution in [0.25, 0.3) is 0 Å². The molecule has 0 spiro atoms. The van der Waals surface area contributed by atoms with Gasteiger partial charge in [-0.3, -0.25) is 9.59 Å². The van der Waals surface area contributed by atoms with Crippen LogP contribution in [-0.4, -0.2) is 22.8 Å². The molecule has 0 saturated heterocycles. The van der Waals surface area contributed by atoms with Crippen LogP contribution in [0.2, 0.25) is 0 Å². The lowest BCUT2D eigenvalue weighted by molar-refractivity contribution is -0.174. The third kappa shape index (κ3) is 2.75. The van der Waals surface area contributed by atoms with Crippen LogP contribution in [0.1, 0.15) is 65.7 Å². The number of hydrogen-bond acceptors (Lipinski definition) is 4. The van der Waals surface area contributed by atoms with E-state index in [-0.39, 0.29) is 17.0 Å². The summed E-state index contributed by atoms with van der Waals surface area (Å²) in [4.78, 5) is 41.8. The van der Waals surface area contributed by atoms with Gasteiger partial charge in [0.2, 0.25) is 0 Å². The summed E-state index contributed by atoms with van der Waals surface area (Å²) >= 11 is 0. The van der Waals surface area contributed by atoms with Crippen molar-refractivity contribution in [3.63, 3.8) is 0 Å². The second-order valence-electron chi connectivity index (χ2n) is 5.90. The molecule has 0 unspecified atom stereocenters. The van der Waals surface area contributed by atoms with Crippen molar-refractivity contribution < 1.29 is 19.2 Å². The van der Waals surface area contributed by atoms with E-state index in [4.69, 9.17) is 4.84 Å². The molecule has 1 heterocycles. The Bertz CT molecular complexity index is 567. The van der Waals surface area contributed by atoms with Crippen LogP contribution < -0.4 is 0 Å². The Hall–Kier alpha value is -2.17. The Morgan fingerprint density at radius 2 is 1.41 bits per heavy atom. The lowest BCUT2D eigenvalue weighted by Gasteiger charge is -2.20. The Morgan fingerprint density at radius 3 is 1.95 bits per heavy atom. The first-order valence-electron chi connectivity index (χ1n) is 7.88. The average molecular weight is 301 g/mol. The maximum absolute atomic E-state index is 12.3. The average Bonchev–Trinajstić information content (AvgIpc) is 2.72. The van der Waals surface area contributed by atoms with E-state index in [9.17, 15) is 14.4 Å². The van der Waals surface area contributed by atoms with E-state index in [1.54, 1.807) is 24.3 Å². The number of carbonyl (C=O) groups is 3. The minimum atomic E-state index is -0.556. The fourth-order valence-corrected chi connectivity index (χ4v) is 3.11. The van der Waals surface area contributed by atoms with Gasteiger partial charge in [-0.05, 0) is 25.0 Å². The predicted molar refractivity (Wildman–Crippen MR) is 78.8 cm³/mol. The molecule has 2 aliphatic rings. The molecule has 5 nitrogen and oxygen atoms in total. The molecule has 5 heteroatoms. The monoisotopic (exact) mass is 301 g/mol. The largest absolute Gasteiger partial charge is 0.336 e. The number of carbonyl (C=O) groups excluding carboxylic acids is 3. The SMILES string of the molecule is O=C(ON1C(=O)c2ccccc2C1=O)C1CCCCCCC1. The summed E-state index contributed by atoms with van der Waals surface area (Å²) < 4.78 is 0. The molecule has 0 aromatic heterocycles. The molecule has 1 fully saturated rings. The highest BCUT2D eigenvalue weighted by molar-refractivity contribution is 6.20. The van der Waals surface area contributed by atoms with Gasteiger partial charge in [-0.25, -0.2) is 4.79 Å². The van der Waals surface area contributed by atoms with Crippen LogP contribution in [-0.2, 0) is 9.63 Å². The summed E-state index contributed by atoms with van der Waals surface area (Å²) in [5.41, 5.74) is 0.580. The van der Waals surface area contributed by atoms with Crippen molar-refractivity contribution in [3.05, 3.63) is 35.4 Å². The van der Waals surface area contributed by atoms with Crippen molar-refractivity contribution in [2.75, 3.05) is 0 Å². The molecule has 0 radical (unpaired) electrons. The fourth-order valence-electron chi connectivity index (χ4n) is 3.11. The zero-order chi connectivity index (χ0) is 15.5. The topological polar surface area (TPSA) is 63.7 Å². The zero-order valence-electron chi connectivity index (χ0n) is 12.4. The number of hydroxylamine groups is 2. The summed E-state index contributed by atoms with van der Waals surface area (Å²) in [6, 6.07) is 6.51. The van der Waals surface area contributed by atoms with Crippen LogP contribution in [0.3, 0.4) is 0 Å². The lowest BCUT2D eigenvalue weighted by Crippen LogP contribution is -2.35. The second kappa shape index (κ2) is 6.30. The molecule has 1 aromatic carbocycles. The van der Waals surface area contributed by atoms with Gasteiger partial charge in [-0.1, -0.05) is 49.3 Å². The van der Waals surface area contributed by atoms with Crippen molar-refractivity contribution in [2.45, 2.75) is 44.9 Å². The minimum Gasteiger partial charge on any atom is -0.329 e. The van der Waals surface area contributed by atoms with Gasteiger partial charge in [0.1, 0.15) is 0 Å². The predicted octanol–water partition coefficient (Wildman–Crippen LogP) is 3.10. The molecule has 2 amide bonds. The fraction of sp³-hybridized carbons (Fsp3) is 0.471. The molecule has 116 valence electrons. The smallest absolute Gasteiger partial charge is 0.329 e. The van der Waals surface area contributed by atoms with Crippen molar-refractivity contribution in [2.24, 2.45) is 5.92 Å².